The number of anilines is 1. The molecule has 1 atom stereocenters. The van der Waals surface area contributed by atoms with Crippen LogP contribution in [0.4, 0.5) is 5.69 Å². The monoisotopic (exact) mass is 164 g/mol. The van der Waals surface area contributed by atoms with Crippen molar-refractivity contribution < 1.29 is 5.11 Å². The van der Waals surface area contributed by atoms with Gasteiger partial charge in [0.1, 0.15) is 5.75 Å². The Labute approximate surface area is 71.0 Å². The third-order valence-electron chi connectivity index (χ3n) is 2.41. The highest BCUT2D eigenvalue weighted by Crippen LogP contribution is 2.35. The maximum absolute atomic E-state index is 9.26. The second kappa shape index (κ2) is 2.38. The molecule has 1 aromatic carbocycles. The Hall–Kier alpha value is -1.22. The summed E-state index contributed by atoms with van der Waals surface area (Å²) in [7, 11) is 0. The average molecular weight is 164 g/mol. The number of hydrogen-bond acceptors (Lipinski definition) is 3. The van der Waals surface area contributed by atoms with E-state index in [1.807, 2.05) is 0 Å². The van der Waals surface area contributed by atoms with E-state index in [0.29, 0.717) is 5.69 Å². The van der Waals surface area contributed by atoms with Crippen LogP contribution in [0.5, 0.6) is 5.75 Å². The minimum Gasteiger partial charge on any atom is -0.508 e. The number of benzene rings is 1. The Kier molecular flexibility index (Phi) is 1.48. The molecule has 3 heteroatoms. The molecule has 0 aliphatic heterocycles. The fourth-order valence-electron chi connectivity index (χ4n) is 1.78. The highest BCUT2D eigenvalue weighted by Gasteiger charge is 2.21. The van der Waals surface area contributed by atoms with Crippen molar-refractivity contribution in [2.75, 3.05) is 5.73 Å². The van der Waals surface area contributed by atoms with Gasteiger partial charge in [-0.05, 0) is 30.0 Å². The summed E-state index contributed by atoms with van der Waals surface area (Å²) < 4.78 is 0. The number of hydrogen-bond donors (Lipinski definition) is 3. The van der Waals surface area contributed by atoms with Gasteiger partial charge in [0.2, 0.25) is 0 Å². The molecule has 1 aromatic rings. The first kappa shape index (κ1) is 7.43. The van der Waals surface area contributed by atoms with Crippen LogP contribution in [0.15, 0.2) is 12.1 Å². The van der Waals surface area contributed by atoms with E-state index in [0.717, 1.165) is 24.0 Å². The first-order chi connectivity index (χ1) is 5.68. The highest BCUT2D eigenvalue weighted by molar-refractivity contribution is 5.57. The largest absolute Gasteiger partial charge is 0.508 e. The second-order valence-electron chi connectivity index (χ2n) is 3.25. The molecule has 0 heterocycles. The molecule has 0 saturated carbocycles. The fourth-order valence-corrected chi connectivity index (χ4v) is 1.78. The van der Waals surface area contributed by atoms with Crippen LogP contribution in [-0.2, 0) is 6.42 Å². The number of nitrogen functional groups attached to an aromatic ring is 1. The minimum atomic E-state index is 0.0504. The molecule has 0 aromatic heterocycles. The van der Waals surface area contributed by atoms with Crippen molar-refractivity contribution in [3.63, 3.8) is 0 Å². The van der Waals surface area contributed by atoms with Crippen molar-refractivity contribution in [2.24, 2.45) is 5.73 Å². The average Bonchev–Trinajstić information content (AvgIpc) is 2.33. The molecular weight excluding hydrogens is 152 g/mol. The third-order valence-corrected chi connectivity index (χ3v) is 2.41. The predicted octanol–water partition coefficient (Wildman–Crippen LogP) is 0.920. The van der Waals surface area contributed by atoms with Crippen molar-refractivity contribution in [3.8, 4) is 5.75 Å². The lowest BCUT2D eigenvalue weighted by molar-refractivity contribution is 0.474. The van der Waals surface area contributed by atoms with Gasteiger partial charge in [-0.3, -0.25) is 0 Å². The lowest BCUT2D eigenvalue weighted by atomic mass is 10.1. The molecule has 5 N–H and O–H groups in total. The lowest BCUT2D eigenvalue weighted by Crippen LogP contribution is -2.05. The van der Waals surface area contributed by atoms with E-state index in [-0.39, 0.29) is 11.8 Å². The quantitative estimate of drug-likeness (QED) is 0.499. The zero-order valence-electron chi connectivity index (χ0n) is 6.75. The maximum Gasteiger partial charge on any atom is 0.117 e. The van der Waals surface area contributed by atoms with Gasteiger partial charge in [-0.1, -0.05) is 0 Å². The first-order valence-corrected chi connectivity index (χ1v) is 4.05. The standard InChI is InChI=1S/C9H12N2O/c10-8-2-1-6-7(8)3-5(12)4-9(6)11/h3-4,8,12H,1-2,10-11H2/t8-/m1/s1. The molecule has 64 valence electrons. The lowest BCUT2D eigenvalue weighted by Gasteiger charge is -2.07. The summed E-state index contributed by atoms with van der Waals surface area (Å²) in [5, 5.41) is 9.26. The summed E-state index contributed by atoms with van der Waals surface area (Å²) in [6, 6.07) is 3.34. The summed E-state index contributed by atoms with van der Waals surface area (Å²) in [5.74, 6) is 0.212. The Morgan fingerprint density at radius 2 is 2.17 bits per heavy atom. The Bertz CT molecular complexity index is 323. The van der Waals surface area contributed by atoms with Crippen molar-refractivity contribution in [1.29, 1.82) is 0 Å². The van der Waals surface area contributed by atoms with E-state index in [1.54, 1.807) is 12.1 Å². The Morgan fingerprint density at radius 1 is 1.42 bits per heavy atom. The van der Waals surface area contributed by atoms with E-state index < -0.39 is 0 Å². The van der Waals surface area contributed by atoms with E-state index in [9.17, 15) is 5.11 Å². The molecule has 3 nitrogen and oxygen atoms in total. The topological polar surface area (TPSA) is 72.3 Å². The molecule has 0 amide bonds. The van der Waals surface area contributed by atoms with Gasteiger partial charge in [-0.15, -0.1) is 0 Å². The van der Waals surface area contributed by atoms with Crippen LogP contribution in [-0.4, -0.2) is 5.11 Å². The number of rotatable bonds is 0. The van der Waals surface area contributed by atoms with Gasteiger partial charge in [-0.25, -0.2) is 0 Å². The van der Waals surface area contributed by atoms with Gasteiger partial charge in [0.15, 0.2) is 0 Å². The van der Waals surface area contributed by atoms with Crippen molar-refractivity contribution in [2.45, 2.75) is 18.9 Å². The number of aromatic hydroxyl groups is 1. The molecule has 2 rings (SSSR count). The van der Waals surface area contributed by atoms with Gasteiger partial charge in [0.05, 0.1) is 0 Å². The van der Waals surface area contributed by atoms with E-state index in [2.05, 4.69) is 0 Å². The van der Waals surface area contributed by atoms with Crippen LogP contribution in [0.3, 0.4) is 0 Å². The molecule has 0 spiro atoms. The van der Waals surface area contributed by atoms with Crippen molar-refractivity contribution in [3.05, 3.63) is 23.3 Å². The van der Waals surface area contributed by atoms with Crippen LogP contribution in [0, 0.1) is 0 Å². The third kappa shape index (κ3) is 0.940. The molecule has 1 aliphatic rings. The van der Waals surface area contributed by atoms with Gasteiger partial charge in [0, 0.05) is 17.8 Å². The second-order valence-corrected chi connectivity index (χ2v) is 3.25. The van der Waals surface area contributed by atoms with Crippen LogP contribution in [0.2, 0.25) is 0 Å². The smallest absolute Gasteiger partial charge is 0.117 e. The number of phenols is 1. The summed E-state index contributed by atoms with van der Waals surface area (Å²) in [6.45, 7) is 0. The molecule has 12 heavy (non-hydrogen) atoms. The zero-order chi connectivity index (χ0) is 8.72. The summed E-state index contributed by atoms with van der Waals surface area (Å²) in [5.41, 5.74) is 14.3. The number of fused-ring (bicyclic) bond motifs is 1. The molecule has 0 bridgehead atoms. The van der Waals surface area contributed by atoms with Crippen molar-refractivity contribution >= 4 is 5.69 Å². The van der Waals surface area contributed by atoms with Crippen LogP contribution in [0.25, 0.3) is 0 Å². The fraction of sp³-hybridized carbons (Fsp3) is 0.333. The predicted molar refractivity (Wildman–Crippen MR) is 47.8 cm³/mol. The molecule has 0 saturated heterocycles. The normalized spacial score (nSPS) is 20.9. The first-order valence-electron chi connectivity index (χ1n) is 4.05. The Balaban J connectivity index is 2.60. The summed E-state index contributed by atoms with van der Waals surface area (Å²) in [6.07, 6.45) is 1.87. The number of nitrogens with two attached hydrogens (primary N) is 2. The highest BCUT2D eigenvalue weighted by atomic mass is 16.3. The van der Waals surface area contributed by atoms with Gasteiger partial charge >= 0.3 is 0 Å². The SMILES string of the molecule is Nc1cc(O)cc2c1CC[C@H]2N. The van der Waals surface area contributed by atoms with Gasteiger partial charge in [0.25, 0.3) is 0 Å². The molecule has 0 fully saturated rings. The molecular formula is C9H12N2O. The molecule has 0 unspecified atom stereocenters. The Morgan fingerprint density at radius 3 is 2.92 bits per heavy atom. The van der Waals surface area contributed by atoms with Crippen LogP contribution in [0.1, 0.15) is 23.6 Å². The minimum absolute atomic E-state index is 0.0504. The maximum atomic E-state index is 9.26. The van der Waals surface area contributed by atoms with Crippen molar-refractivity contribution in [1.82, 2.24) is 0 Å². The summed E-state index contributed by atoms with van der Waals surface area (Å²) in [4.78, 5) is 0. The van der Waals surface area contributed by atoms with E-state index in [1.165, 1.54) is 0 Å². The zero-order valence-corrected chi connectivity index (χ0v) is 6.75. The molecule has 0 radical (unpaired) electrons. The molecule has 1 aliphatic carbocycles. The van der Waals surface area contributed by atoms with Gasteiger partial charge < -0.3 is 16.6 Å². The van der Waals surface area contributed by atoms with Crippen LogP contribution < -0.4 is 11.5 Å². The summed E-state index contributed by atoms with van der Waals surface area (Å²) >= 11 is 0. The van der Waals surface area contributed by atoms with Gasteiger partial charge in [-0.2, -0.15) is 0 Å². The van der Waals surface area contributed by atoms with E-state index >= 15 is 0 Å². The number of phenolic OH excluding ortho intramolecular Hbond substituents is 1. The van der Waals surface area contributed by atoms with E-state index in [4.69, 9.17) is 11.5 Å². The van der Waals surface area contributed by atoms with Crippen LogP contribution >= 0.6 is 0 Å².